The lowest BCUT2D eigenvalue weighted by Gasteiger charge is -2.05. The van der Waals surface area contributed by atoms with Crippen LogP contribution in [-0.2, 0) is 11.2 Å². The van der Waals surface area contributed by atoms with Gasteiger partial charge in [0, 0.05) is 12.3 Å². The molecule has 2 aromatic heterocycles. The first-order valence-electron chi connectivity index (χ1n) is 5.67. The lowest BCUT2D eigenvalue weighted by molar-refractivity contribution is -0.131. The molecule has 0 aromatic carbocycles. The van der Waals surface area contributed by atoms with Crippen LogP contribution in [0.15, 0.2) is 23.1 Å². The molecule has 0 saturated carbocycles. The number of fused-ring (bicyclic) bond motifs is 1. The largest absolute Gasteiger partial charge is 0.507 e. The highest BCUT2D eigenvalue weighted by Gasteiger charge is 2.11. The molecule has 98 valence electrons. The Morgan fingerprint density at radius 3 is 2.89 bits per heavy atom. The number of carboxylic acid groups (broad SMARTS) is 1. The van der Waals surface area contributed by atoms with Gasteiger partial charge >= 0.3 is 5.97 Å². The molecule has 0 amide bonds. The average molecular weight is 260 g/mol. The third kappa shape index (κ3) is 2.47. The number of carboxylic acids is 1. The molecule has 0 unspecified atom stereocenters. The quantitative estimate of drug-likeness (QED) is 0.721. The molecule has 2 rings (SSSR count). The number of aromatic nitrogens is 2. The van der Waals surface area contributed by atoms with E-state index in [-0.39, 0.29) is 22.5 Å². The van der Waals surface area contributed by atoms with Gasteiger partial charge in [0.25, 0.3) is 5.56 Å². The second-order valence-electron chi connectivity index (χ2n) is 3.97. The summed E-state index contributed by atoms with van der Waals surface area (Å²) in [6.45, 7) is 1.76. The van der Waals surface area contributed by atoms with Crippen molar-refractivity contribution < 1.29 is 15.0 Å². The van der Waals surface area contributed by atoms with Crippen LogP contribution in [0.4, 0.5) is 0 Å². The van der Waals surface area contributed by atoms with Gasteiger partial charge in [-0.1, -0.05) is 6.92 Å². The molecule has 3 N–H and O–H groups in total. The molecule has 0 saturated heterocycles. The number of rotatable bonds is 3. The molecule has 6 nitrogen and oxygen atoms in total. The molecular weight excluding hydrogens is 248 g/mol. The number of hydrogen-bond acceptors (Lipinski definition) is 4. The summed E-state index contributed by atoms with van der Waals surface area (Å²) >= 11 is 0. The van der Waals surface area contributed by atoms with E-state index in [9.17, 15) is 14.7 Å². The minimum Gasteiger partial charge on any atom is -0.507 e. The zero-order valence-corrected chi connectivity index (χ0v) is 10.2. The Morgan fingerprint density at radius 2 is 2.26 bits per heavy atom. The van der Waals surface area contributed by atoms with E-state index in [4.69, 9.17) is 5.11 Å². The molecule has 0 aliphatic heterocycles. The van der Waals surface area contributed by atoms with E-state index in [2.05, 4.69) is 9.97 Å². The number of aliphatic carboxylic acids is 1. The molecule has 0 spiro atoms. The number of hydrogen-bond donors (Lipinski definition) is 3. The molecule has 0 aliphatic carbocycles. The fourth-order valence-corrected chi connectivity index (χ4v) is 1.80. The number of H-pyrrole nitrogens is 1. The second-order valence-corrected chi connectivity index (χ2v) is 3.97. The number of aromatic hydroxyl groups is 1. The maximum absolute atomic E-state index is 11.6. The van der Waals surface area contributed by atoms with Gasteiger partial charge in [0.05, 0.1) is 10.9 Å². The van der Waals surface area contributed by atoms with Crippen molar-refractivity contribution in [1.82, 2.24) is 9.97 Å². The number of nitrogens with one attached hydrogen (secondary N) is 1. The van der Waals surface area contributed by atoms with Gasteiger partial charge in [-0.25, -0.2) is 9.78 Å². The van der Waals surface area contributed by atoms with Crippen molar-refractivity contribution in [3.63, 3.8) is 0 Å². The van der Waals surface area contributed by atoms with Gasteiger partial charge in [0.2, 0.25) is 0 Å². The predicted octanol–water partition coefficient (Wildman–Crippen LogP) is 1.29. The number of carbonyl (C=O) groups is 1. The Morgan fingerprint density at radius 1 is 1.53 bits per heavy atom. The van der Waals surface area contributed by atoms with Gasteiger partial charge in [0.15, 0.2) is 0 Å². The summed E-state index contributed by atoms with van der Waals surface area (Å²) in [7, 11) is 0. The average Bonchev–Trinajstić information content (AvgIpc) is 2.37. The molecule has 19 heavy (non-hydrogen) atoms. The highest BCUT2D eigenvalue weighted by molar-refractivity contribution is 5.88. The van der Waals surface area contributed by atoms with Crippen molar-refractivity contribution >= 4 is 23.1 Å². The van der Waals surface area contributed by atoms with E-state index in [0.29, 0.717) is 17.4 Å². The van der Waals surface area contributed by atoms with Crippen LogP contribution in [0.3, 0.4) is 0 Å². The van der Waals surface area contributed by atoms with Gasteiger partial charge in [0.1, 0.15) is 11.4 Å². The molecule has 2 aromatic rings. The van der Waals surface area contributed by atoms with Crippen molar-refractivity contribution in [2.24, 2.45) is 0 Å². The summed E-state index contributed by atoms with van der Waals surface area (Å²) < 4.78 is 0. The number of pyridine rings is 2. The standard InChI is InChI=1S/C13H12N2O4/c1-2-8-11(18)9-5-7(3-4-10(16)17)6-14-12(9)15-13(8)19/h3-6H,2H2,1H3,(H,16,17)(H2,14,15,18,19). The molecule has 2 heterocycles. The molecule has 0 fully saturated rings. The van der Waals surface area contributed by atoms with E-state index >= 15 is 0 Å². The summed E-state index contributed by atoms with van der Waals surface area (Å²) in [5.74, 6) is -1.18. The van der Waals surface area contributed by atoms with E-state index in [0.717, 1.165) is 6.08 Å². The van der Waals surface area contributed by atoms with Crippen LogP contribution in [-0.4, -0.2) is 26.2 Å². The highest BCUT2D eigenvalue weighted by atomic mass is 16.4. The minimum atomic E-state index is -1.07. The van der Waals surface area contributed by atoms with Crippen LogP contribution in [0.2, 0.25) is 0 Å². The Labute approximate surface area is 108 Å². The molecule has 0 bridgehead atoms. The summed E-state index contributed by atoms with van der Waals surface area (Å²) in [4.78, 5) is 28.7. The SMILES string of the molecule is CCc1c(O)c2cc(C=CC(=O)O)cnc2[nH]c1=O. The Balaban J connectivity index is 2.65. The lowest BCUT2D eigenvalue weighted by Crippen LogP contribution is -2.12. The van der Waals surface area contributed by atoms with E-state index in [1.54, 1.807) is 13.0 Å². The van der Waals surface area contributed by atoms with Gasteiger partial charge in [-0.15, -0.1) is 0 Å². The summed E-state index contributed by atoms with van der Waals surface area (Å²) in [5, 5.41) is 19.0. The second kappa shape index (κ2) is 4.93. The first-order chi connectivity index (χ1) is 9.02. The zero-order valence-electron chi connectivity index (χ0n) is 10.2. The molecular formula is C13H12N2O4. The van der Waals surface area contributed by atoms with Crippen LogP contribution in [0.5, 0.6) is 5.75 Å². The summed E-state index contributed by atoms with van der Waals surface area (Å²) in [5.41, 5.74) is 0.717. The molecule has 0 atom stereocenters. The predicted molar refractivity (Wildman–Crippen MR) is 70.1 cm³/mol. The third-order valence-electron chi connectivity index (χ3n) is 2.73. The Hall–Kier alpha value is -2.63. The maximum Gasteiger partial charge on any atom is 0.328 e. The minimum absolute atomic E-state index is 0.112. The van der Waals surface area contributed by atoms with E-state index < -0.39 is 5.97 Å². The van der Waals surface area contributed by atoms with Crippen molar-refractivity contribution in [1.29, 1.82) is 0 Å². The van der Waals surface area contributed by atoms with Crippen molar-refractivity contribution in [2.45, 2.75) is 13.3 Å². The third-order valence-corrected chi connectivity index (χ3v) is 2.73. The fourth-order valence-electron chi connectivity index (χ4n) is 1.80. The van der Waals surface area contributed by atoms with Crippen LogP contribution in [0.25, 0.3) is 17.1 Å². The van der Waals surface area contributed by atoms with Gasteiger partial charge in [-0.2, -0.15) is 0 Å². The molecule has 6 heteroatoms. The van der Waals surface area contributed by atoms with Gasteiger partial charge < -0.3 is 15.2 Å². The van der Waals surface area contributed by atoms with Crippen LogP contribution < -0.4 is 5.56 Å². The lowest BCUT2D eigenvalue weighted by atomic mass is 10.1. The van der Waals surface area contributed by atoms with Crippen molar-refractivity contribution in [3.8, 4) is 5.75 Å². The first-order valence-corrected chi connectivity index (χ1v) is 5.67. The van der Waals surface area contributed by atoms with Gasteiger partial charge in [-0.05, 0) is 24.1 Å². The number of aromatic amines is 1. The van der Waals surface area contributed by atoms with Gasteiger partial charge in [-0.3, -0.25) is 4.79 Å². The van der Waals surface area contributed by atoms with Crippen LogP contribution in [0.1, 0.15) is 18.1 Å². The van der Waals surface area contributed by atoms with E-state index in [1.165, 1.54) is 12.3 Å². The van der Waals surface area contributed by atoms with Crippen LogP contribution in [0, 0.1) is 0 Å². The highest BCUT2D eigenvalue weighted by Crippen LogP contribution is 2.24. The van der Waals surface area contributed by atoms with Crippen LogP contribution >= 0.6 is 0 Å². The first kappa shape index (κ1) is 12.8. The number of nitrogens with zero attached hydrogens (tertiary/aromatic N) is 1. The Kier molecular flexibility index (Phi) is 3.33. The summed E-state index contributed by atoms with van der Waals surface area (Å²) in [6, 6.07) is 1.58. The van der Waals surface area contributed by atoms with Crippen molar-refractivity contribution in [2.75, 3.05) is 0 Å². The monoisotopic (exact) mass is 260 g/mol. The normalized spacial score (nSPS) is 11.2. The zero-order chi connectivity index (χ0) is 14.0. The van der Waals surface area contributed by atoms with Crippen molar-refractivity contribution in [3.05, 3.63) is 39.8 Å². The maximum atomic E-state index is 11.6. The molecule has 0 radical (unpaired) electrons. The fraction of sp³-hybridized carbons (Fsp3) is 0.154. The van der Waals surface area contributed by atoms with E-state index in [1.807, 2.05) is 0 Å². The topological polar surface area (TPSA) is 103 Å². The Bertz CT molecular complexity index is 731. The summed E-state index contributed by atoms with van der Waals surface area (Å²) in [6.07, 6.45) is 4.16. The molecule has 0 aliphatic rings. The smallest absolute Gasteiger partial charge is 0.328 e.